The lowest BCUT2D eigenvalue weighted by Gasteiger charge is -2.00. The summed E-state index contributed by atoms with van der Waals surface area (Å²) in [6, 6.07) is 0. The molecule has 1 N–H and O–H groups in total. The Balaban J connectivity index is 3.56. The van der Waals surface area contributed by atoms with E-state index in [9.17, 15) is 14.4 Å². The topological polar surface area (TPSA) is 63.2 Å². The van der Waals surface area contributed by atoms with Crippen molar-refractivity contribution >= 4 is 17.5 Å². The lowest BCUT2D eigenvalue weighted by atomic mass is 10.2. The summed E-state index contributed by atoms with van der Waals surface area (Å²) < 4.78 is 0. The van der Waals surface area contributed by atoms with Crippen LogP contribution in [0.4, 0.5) is 0 Å². The second-order valence-corrected chi connectivity index (χ2v) is 3.22. The van der Waals surface area contributed by atoms with Gasteiger partial charge in [0.2, 0.25) is 5.91 Å². The van der Waals surface area contributed by atoms with Gasteiger partial charge < -0.3 is 5.32 Å². The molecule has 0 aromatic rings. The highest BCUT2D eigenvalue weighted by Crippen LogP contribution is 1.92. The Kier molecular flexibility index (Phi) is 7.14. The third kappa shape index (κ3) is 8.87. The second kappa shape index (κ2) is 7.91. The molecule has 1 amide bonds. The van der Waals surface area contributed by atoms with Gasteiger partial charge in [0, 0.05) is 19.4 Å². The van der Waals surface area contributed by atoms with Crippen LogP contribution in [0, 0.1) is 0 Å². The minimum absolute atomic E-state index is 0.0123. The van der Waals surface area contributed by atoms with Gasteiger partial charge in [-0.25, -0.2) is 0 Å². The minimum Gasteiger partial charge on any atom is -0.356 e. The Labute approximate surface area is 89.7 Å². The Bertz CT molecular complexity index is 269. The molecular weight excluding hydrogens is 194 g/mol. The Morgan fingerprint density at radius 1 is 1.20 bits per heavy atom. The van der Waals surface area contributed by atoms with Gasteiger partial charge in [-0.15, -0.1) is 0 Å². The van der Waals surface area contributed by atoms with Crippen LogP contribution in [0.3, 0.4) is 0 Å². The molecule has 0 aromatic carbocycles. The molecule has 0 aromatic heterocycles. The molecule has 0 aliphatic carbocycles. The molecule has 4 nitrogen and oxygen atoms in total. The molecule has 0 aliphatic heterocycles. The summed E-state index contributed by atoms with van der Waals surface area (Å²) in [5, 5.41) is 2.67. The van der Waals surface area contributed by atoms with E-state index in [1.165, 1.54) is 19.1 Å². The van der Waals surface area contributed by atoms with Gasteiger partial charge in [-0.1, -0.05) is 6.92 Å². The van der Waals surface area contributed by atoms with Crippen molar-refractivity contribution in [3.63, 3.8) is 0 Å². The minimum atomic E-state index is -0.136. The first-order chi connectivity index (χ1) is 7.06. The fourth-order valence-corrected chi connectivity index (χ4v) is 0.909. The molecule has 0 fully saturated rings. The molecule has 0 bridgehead atoms. The van der Waals surface area contributed by atoms with Crippen LogP contribution in [0.25, 0.3) is 0 Å². The number of allylic oxidation sites excluding steroid dienone is 2. The zero-order valence-corrected chi connectivity index (χ0v) is 9.21. The third-order valence-corrected chi connectivity index (χ3v) is 1.75. The zero-order chi connectivity index (χ0) is 11.7. The number of carbonyl (C=O) groups is 3. The van der Waals surface area contributed by atoms with Crippen LogP contribution >= 0.6 is 0 Å². The first kappa shape index (κ1) is 13.5. The second-order valence-electron chi connectivity index (χ2n) is 3.22. The Hall–Kier alpha value is -1.45. The molecule has 15 heavy (non-hydrogen) atoms. The van der Waals surface area contributed by atoms with Crippen LogP contribution in [-0.2, 0) is 14.4 Å². The summed E-state index contributed by atoms with van der Waals surface area (Å²) in [5.41, 5.74) is 0. The van der Waals surface area contributed by atoms with Gasteiger partial charge in [-0.2, -0.15) is 0 Å². The first-order valence-corrected chi connectivity index (χ1v) is 5.04. The van der Waals surface area contributed by atoms with Crippen LogP contribution in [0.5, 0.6) is 0 Å². The number of rotatable bonds is 7. The first-order valence-electron chi connectivity index (χ1n) is 5.04. The van der Waals surface area contributed by atoms with Gasteiger partial charge in [0.1, 0.15) is 0 Å². The normalized spacial score (nSPS) is 10.3. The largest absolute Gasteiger partial charge is 0.356 e. The highest BCUT2D eigenvalue weighted by molar-refractivity contribution is 5.97. The Morgan fingerprint density at radius 2 is 1.87 bits per heavy atom. The molecule has 0 heterocycles. The van der Waals surface area contributed by atoms with Gasteiger partial charge in [0.15, 0.2) is 11.6 Å². The smallest absolute Gasteiger partial charge is 0.219 e. The molecule has 0 saturated heterocycles. The van der Waals surface area contributed by atoms with E-state index in [0.29, 0.717) is 25.8 Å². The van der Waals surface area contributed by atoms with Crippen molar-refractivity contribution in [3.05, 3.63) is 12.2 Å². The van der Waals surface area contributed by atoms with Crippen molar-refractivity contribution in [2.75, 3.05) is 6.54 Å². The molecule has 0 atom stereocenters. The lowest BCUT2D eigenvalue weighted by Crippen LogP contribution is -2.23. The molecule has 84 valence electrons. The van der Waals surface area contributed by atoms with Crippen molar-refractivity contribution in [1.82, 2.24) is 5.32 Å². The summed E-state index contributed by atoms with van der Waals surface area (Å²) in [6.07, 6.45) is 3.95. The summed E-state index contributed by atoms with van der Waals surface area (Å²) >= 11 is 0. The predicted octanol–water partition coefficient (Wildman–Crippen LogP) is 1.01. The third-order valence-electron chi connectivity index (χ3n) is 1.75. The van der Waals surface area contributed by atoms with E-state index < -0.39 is 0 Å². The molecule has 0 aliphatic rings. The SMILES string of the molecule is CCC(=O)NCCCC(=O)/C=C\C(C)=O. The standard InChI is InChI=1S/C11H17NO3/c1-3-11(15)12-8-4-5-10(14)7-6-9(2)13/h6-7H,3-5,8H2,1-2H3,(H,12,15)/b7-6-. The predicted molar refractivity (Wildman–Crippen MR) is 57.4 cm³/mol. The van der Waals surface area contributed by atoms with Crippen molar-refractivity contribution in [2.45, 2.75) is 33.1 Å². The molecular formula is C11H17NO3. The van der Waals surface area contributed by atoms with Gasteiger partial charge in [0.05, 0.1) is 0 Å². The van der Waals surface area contributed by atoms with E-state index in [1.807, 2.05) is 0 Å². The number of carbonyl (C=O) groups excluding carboxylic acids is 3. The van der Waals surface area contributed by atoms with Crippen molar-refractivity contribution in [2.24, 2.45) is 0 Å². The van der Waals surface area contributed by atoms with Crippen LogP contribution in [0.2, 0.25) is 0 Å². The summed E-state index contributed by atoms with van der Waals surface area (Å²) in [5.74, 6) is -0.236. The molecule has 0 radical (unpaired) electrons. The molecule has 0 saturated carbocycles. The fraction of sp³-hybridized carbons (Fsp3) is 0.545. The number of amides is 1. The van der Waals surface area contributed by atoms with E-state index in [0.717, 1.165) is 0 Å². The number of nitrogens with one attached hydrogen (secondary N) is 1. The highest BCUT2D eigenvalue weighted by atomic mass is 16.1. The van der Waals surface area contributed by atoms with Gasteiger partial charge in [-0.05, 0) is 25.5 Å². The van der Waals surface area contributed by atoms with Gasteiger partial charge in [-0.3, -0.25) is 14.4 Å². The monoisotopic (exact) mass is 211 g/mol. The summed E-state index contributed by atoms with van der Waals surface area (Å²) in [6.45, 7) is 3.67. The van der Waals surface area contributed by atoms with E-state index in [-0.39, 0.29) is 17.5 Å². The average Bonchev–Trinajstić information content (AvgIpc) is 2.21. The van der Waals surface area contributed by atoms with E-state index >= 15 is 0 Å². The van der Waals surface area contributed by atoms with Crippen molar-refractivity contribution in [3.8, 4) is 0 Å². The zero-order valence-electron chi connectivity index (χ0n) is 9.21. The van der Waals surface area contributed by atoms with E-state index in [2.05, 4.69) is 5.32 Å². The lowest BCUT2D eigenvalue weighted by molar-refractivity contribution is -0.121. The van der Waals surface area contributed by atoms with Crippen LogP contribution in [-0.4, -0.2) is 24.0 Å². The maximum absolute atomic E-state index is 11.1. The van der Waals surface area contributed by atoms with Gasteiger partial charge >= 0.3 is 0 Å². The summed E-state index contributed by atoms with van der Waals surface area (Å²) in [4.78, 5) is 32.4. The van der Waals surface area contributed by atoms with Crippen LogP contribution < -0.4 is 5.32 Å². The van der Waals surface area contributed by atoms with Crippen LogP contribution in [0.1, 0.15) is 33.1 Å². The van der Waals surface area contributed by atoms with Gasteiger partial charge in [0.25, 0.3) is 0 Å². The molecule has 4 heteroatoms. The molecule has 0 unspecified atom stereocenters. The number of ketones is 2. The number of hydrogen-bond donors (Lipinski definition) is 1. The van der Waals surface area contributed by atoms with Crippen LogP contribution in [0.15, 0.2) is 12.2 Å². The van der Waals surface area contributed by atoms with E-state index in [4.69, 9.17) is 0 Å². The average molecular weight is 211 g/mol. The summed E-state index contributed by atoms with van der Waals surface area (Å²) in [7, 11) is 0. The molecule has 0 rings (SSSR count). The van der Waals surface area contributed by atoms with Crippen molar-refractivity contribution < 1.29 is 14.4 Å². The fourth-order valence-electron chi connectivity index (χ4n) is 0.909. The molecule has 0 spiro atoms. The van der Waals surface area contributed by atoms with Crippen molar-refractivity contribution in [1.29, 1.82) is 0 Å². The Morgan fingerprint density at radius 3 is 2.40 bits per heavy atom. The van der Waals surface area contributed by atoms with E-state index in [1.54, 1.807) is 6.92 Å². The number of hydrogen-bond acceptors (Lipinski definition) is 3. The maximum atomic E-state index is 11.1. The highest BCUT2D eigenvalue weighted by Gasteiger charge is 1.99. The quantitative estimate of drug-likeness (QED) is 0.505. The maximum Gasteiger partial charge on any atom is 0.219 e.